The first-order valence-corrected chi connectivity index (χ1v) is 8.36. The van der Waals surface area contributed by atoms with Gasteiger partial charge in [0.15, 0.2) is 0 Å². The van der Waals surface area contributed by atoms with Crippen LogP contribution in [0.2, 0.25) is 0 Å². The van der Waals surface area contributed by atoms with Gasteiger partial charge in [0.25, 0.3) is 5.91 Å². The summed E-state index contributed by atoms with van der Waals surface area (Å²) in [6, 6.07) is 0.386. The Kier molecular flexibility index (Phi) is 5.12. The van der Waals surface area contributed by atoms with E-state index in [1.165, 1.54) is 4.90 Å². The van der Waals surface area contributed by atoms with Crippen LogP contribution in [-0.2, 0) is 4.79 Å². The molecule has 2 heterocycles. The van der Waals surface area contributed by atoms with Crippen molar-refractivity contribution >= 4 is 11.9 Å². The number of carbonyl (C=O) groups is 2. The maximum atomic E-state index is 13.0. The zero-order chi connectivity index (χ0) is 16.5. The summed E-state index contributed by atoms with van der Waals surface area (Å²) in [6.45, 7) is 9.90. The fraction of sp³-hybridized carbons (Fsp3) is 0.875. The lowest BCUT2D eigenvalue weighted by molar-refractivity contribution is -0.136. The molecule has 22 heavy (non-hydrogen) atoms. The second-order valence-electron chi connectivity index (χ2n) is 6.95. The normalized spacial score (nSPS) is 22.7. The minimum Gasteiger partial charge on any atom is -0.310 e. The summed E-state index contributed by atoms with van der Waals surface area (Å²) in [7, 11) is 3.92. The number of likely N-dealkylation sites (N-methyl/N-ethyl adjacent to an activating group) is 2. The smallest absolute Gasteiger partial charge is 0.310 e. The number of piperidine rings is 1. The van der Waals surface area contributed by atoms with Crippen LogP contribution < -0.4 is 0 Å². The van der Waals surface area contributed by atoms with Crippen molar-refractivity contribution in [3.05, 3.63) is 0 Å². The van der Waals surface area contributed by atoms with Gasteiger partial charge in [0, 0.05) is 38.8 Å². The van der Waals surface area contributed by atoms with E-state index < -0.39 is 5.54 Å². The molecule has 2 fully saturated rings. The van der Waals surface area contributed by atoms with Crippen LogP contribution in [0.4, 0.5) is 4.79 Å². The molecule has 6 nitrogen and oxygen atoms in total. The van der Waals surface area contributed by atoms with Crippen LogP contribution in [0.1, 0.15) is 33.6 Å². The molecule has 0 saturated carbocycles. The number of amides is 3. The molecule has 2 aliphatic rings. The van der Waals surface area contributed by atoms with E-state index in [2.05, 4.69) is 18.7 Å². The Balaban J connectivity index is 2.16. The highest BCUT2D eigenvalue weighted by Gasteiger charge is 2.57. The Labute approximate surface area is 134 Å². The van der Waals surface area contributed by atoms with E-state index in [1.807, 2.05) is 30.8 Å². The molecule has 0 unspecified atom stereocenters. The number of carbonyl (C=O) groups excluding carboxylic acids is 2. The largest absolute Gasteiger partial charge is 0.327 e. The maximum absolute atomic E-state index is 13.0. The molecular formula is C16H30N4O2. The lowest BCUT2D eigenvalue weighted by Gasteiger charge is -2.43. The Morgan fingerprint density at radius 2 is 1.77 bits per heavy atom. The summed E-state index contributed by atoms with van der Waals surface area (Å²) in [6.07, 6.45) is 1.50. The van der Waals surface area contributed by atoms with Gasteiger partial charge in [-0.25, -0.2) is 4.79 Å². The summed E-state index contributed by atoms with van der Waals surface area (Å²) < 4.78 is 0. The van der Waals surface area contributed by atoms with Crippen LogP contribution >= 0.6 is 0 Å². The standard InChI is InChI=1S/C16H30N4O2/c1-6-20-15(22)19(12-11-17(4)5)14(21)16(20)7-9-18(10-8-16)13(2)3/h13H,6-12H2,1-5H3. The SMILES string of the molecule is CCN1C(=O)N(CCN(C)C)C(=O)C12CCN(C(C)C)CC2. The van der Waals surface area contributed by atoms with E-state index in [1.54, 1.807) is 0 Å². The van der Waals surface area contributed by atoms with Crippen molar-refractivity contribution in [3.63, 3.8) is 0 Å². The first-order chi connectivity index (χ1) is 10.3. The van der Waals surface area contributed by atoms with E-state index in [4.69, 9.17) is 0 Å². The van der Waals surface area contributed by atoms with E-state index in [-0.39, 0.29) is 11.9 Å². The molecular weight excluding hydrogens is 280 g/mol. The predicted molar refractivity (Wildman–Crippen MR) is 86.7 cm³/mol. The molecule has 0 aromatic rings. The van der Waals surface area contributed by atoms with Gasteiger partial charge in [-0.1, -0.05) is 0 Å². The minimum absolute atomic E-state index is 0.0182. The zero-order valence-corrected chi connectivity index (χ0v) is 14.6. The van der Waals surface area contributed by atoms with Gasteiger partial charge < -0.3 is 14.7 Å². The molecule has 0 aromatic carbocycles. The predicted octanol–water partition coefficient (Wildman–Crippen LogP) is 1.08. The molecule has 0 aromatic heterocycles. The highest BCUT2D eigenvalue weighted by atomic mass is 16.2. The molecule has 126 valence electrons. The second-order valence-corrected chi connectivity index (χ2v) is 6.95. The third kappa shape index (κ3) is 2.86. The minimum atomic E-state index is -0.594. The van der Waals surface area contributed by atoms with Gasteiger partial charge in [-0.3, -0.25) is 9.69 Å². The van der Waals surface area contributed by atoms with Gasteiger partial charge in [-0.2, -0.15) is 0 Å². The van der Waals surface area contributed by atoms with Gasteiger partial charge in [0.1, 0.15) is 5.54 Å². The van der Waals surface area contributed by atoms with Gasteiger partial charge in [-0.05, 0) is 47.7 Å². The van der Waals surface area contributed by atoms with Crippen molar-refractivity contribution in [3.8, 4) is 0 Å². The summed E-state index contributed by atoms with van der Waals surface area (Å²) in [5.41, 5.74) is -0.594. The topological polar surface area (TPSA) is 47.1 Å². The number of rotatable bonds is 5. The van der Waals surface area contributed by atoms with Crippen LogP contribution in [-0.4, -0.2) is 89.9 Å². The molecule has 2 saturated heterocycles. The van der Waals surface area contributed by atoms with Crippen molar-refractivity contribution in [1.29, 1.82) is 0 Å². The fourth-order valence-electron chi connectivity index (χ4n) is 3.61. The number of hydrogen-bond acceptors (Lipinski definition) is 4. The number of hydrogen-bond donors (Lipinski definition) is 0. The summed E-state index contributed by atoms with van der Waals surface area (Å²) in [4.78, 5) is 33.3. The highest BCUT2D eigenvalue weighted by molar-refractivity contribution is 6.07. The number of urea groups is 1. The molecule has 2 rings (SSSR count). The molecule has 0 radical (unpaired) electrons. The monoisotopic (exact) mass is 310 g/mol. The molecule has 1 spiro atoms. The number of nitrogens with zero attached hydrogens (tertiary/aromatic N) is 4. The fourth-order valence-corrected chi connectivity index (χ4v) is 3.61. The quantitative estimate of drug-likeness (QED) is 0.713. The van der Waals surface area contributed by atoms with Gasteiger partial charge >= 0.3 is 6.03 Å². The Hall–Kier alpha value is -1.14. The third-order valence-electron chi connectivity index (χ3n) is 5.06. The van der Waals surface area contributed by atoms with Gasteiger partial charge in [0.2, 0.25) is 0 Å². The van der Waals surface area contributed by atoms with E-state index in [0.29, 0.717) is 25.7 Å². The van der Waals surface area contributed by atoms with Gasteiger partial charge in [-0.15, -0.1) is 0 Å². The lowest BCUT2D eigenvalue weighted by atomic mass is 9.85. The Morgan fingerprint density at radius 1 is 1.18 bits per heavy atom. The van der Waals surface area contributed by atoms with Gasteiger partial charge in [0.05, 0.1) is 0 Å². The Morgan fingerprint density at radius 3 is 2.23 bits per heavy atom. The first-order valence-electron chi connectivity index (χ1n) is 8.36. The summed E-state index contributed by atoms with van der Waals surface area (Å²) in [5, 5.41) is 0. The van der Waals surface area contributed by atoms with Crippen molar-refractivity contribution < 1.29 is 9.59 Å². The molecule has 0 aliphatic carbocycles. The third-order valence-corrected chi connectivity index (χ3v) is 5.06. The summed E-state index contributed by atoms with van der Waals surface area (Å²) in [5.74, 6) is 0.0182. The van der Waals surface area contributed by atoms with Crippen LogP contribution in [0, 0.1) is 0 Å². The lowest BCUT2D eigenvalue weighted by Crippen LogP contribution is -2.57. The average molecular weight is 310 g/mol. The van der Waals surface area contributed by atoms with Crippen LogP contribution in [0.15, 0.2) is 0 Å². The second kappa shape index (κ2) is 6.54. The molecule has 0 atom stereocenters. The van der Waals surface area contributed by atoms with Crippen molar-refractivity contribution in [2.45, 2.75) is 45.2 Å². The zero-order valence-electron chi connectivity index (χ0n) is 14.6. The number of likely N-dealkylation sites (tertiary alicyclic amines) is 1. The number of imide groups is 1. The molecule has 0 N–H and O–H groups in total. The molecule has 3 amide bonds. The van der Waals surface area contributed by atoms with Crippen LogP contribution in [0.5, 0.6) is 0 Å². The van der Waals surface area contributed by atoms with Crippen LogP contribution in [0.3, 0.4) is 0 Å². The Bertz CT molecular complexity index is 428. The maximum Gasteiger partial charge on any atom is 0.327 e. The summed E-state index contributed by atoms with van der Waals surface area (Å²) >= 11 is 0. The van der Waals surface area contributed by atoms with Crippen LogP contribution in [0.25, 0.3) is 0 Å². The van der Waals surface area contributed by atoms with E-state index >= 15 is 0 Å². The molecule has 6 heteroatoms. The molecule has 0 bridgehead atoms. The van der Waals surface area contributed by atoms with E-state index in [0.717, 1.165) is 25.9 Å². The molecule has 2 aliphatic heterocycles. The first kappa shape index (κ1) is 17.2. The highest BCUT2D eigenvalue weighted by Crippen LogP contribution is 2.37. The average Bonchev–Trinajstić information content (AvgIpc) is 2.65. The van der Waals surface area contributed by atoms with Crippen molar-refractivity contribution in [2.24, 2.45) is 0 Å². The van der Waals surface area contributed by atoms with Crippen molar-refractivity contribution in [2.75, 3.05) is 46.8 Å². The van der Waals surface area contributed by atoms with Crippen molar-refractivity contribution in [1.82, 2.24) is 19.6 Å². The van der Waals surface area contributed by atoms with E-state index in [9.17, 15) is 9.59 Å².